The number of nitrogens with zero attached hydrogens (tertiary/aromatic N) is 1. The summed E-state index contributed by atoms with van der Waals surface area (Å²) >= 11 is 5.96. The smallest absolute Gasteiger partial charge is 0.262 e. The Morgan fingerprint density at radius 1 is 1.33 bits per heavy atom. The van der Waals surface area contributed by atoms with Crippen molar-refractivity contribution in [1.82, 2.24) is 10.3 Å². The highest BCUT2D eigenvalue weighted by atomic mass is 35.5. The standard InChI is InChI=1S/C18H19ClF2N2O4/c19-15-8-12(20)7-11(10-25)13(15)9-23-17(27)18(21,4-2-6-24)14-3-1-5-22-16(14)26/h1,3,5,7-8,24-25H,2,4,6,9-10H2,(H,22,26)(H,23,27)/t18-/m0/s1. The van der Waals surface area contributed by atoms with E-state index in [2.05, 4.69) is 10.3 Å². The van der Waals surface area contributed by atoms with Crippen molar-refractivity contribution in [3.05, 3.63) is 58.0 Å². The van der Waals surface area contributed by atoms with Crippen molar-refractivity contribution >= 4 is 17.5 Å². The molecular formula is C18H19ClF2N2O4. The van der Waals surface area contributed by atoms with Crippen LogP contribution < -0.4 is 5.32 Å². The summed E-state index contributed by atoms with van der Waals surface area (Å²) in [6.45, 7) is -1.13. The monoisotopic (exact) mass is 400 g/mol. The van der Waals surface area contributed by atoms with Gasteiger partial charge in [0.25, 0.3) is 5.91 Å². The number of carbonyl (C=O) groups excluding carboxylic acids is 1. The van der Waals surface area contributed by atoms with E-state index < -0.39 is 36.3 Å². The molecule has 0 spiro atoms. The Morgan fingerprint density at radius 3 is 2.70 bits per heavy atom. The van der Waals surface area contributed by atoms with Crippen molar-refractivity contribution in [2.24, 2.45) is 0 Å². The van der Waals surface area contributed by atoms with Gasteiger partial charge in [-0.15, -0.1) is 0 Å². The number of nitrogens with one attached hydrogen (secondary N) is 1. The quantitative estimate of drug-likeness (QED) is 0.544. The molecule has 1 heterocycles. The van der Waals surface area contributed by atoms with E-state index in [4.69, 9.17) is 16.7 Å². The van der Waals surface area contributed by atoms with E-state index in [9.17, 15) is 19.4 Å². The normalized spacial score (nSPS) is 13.2. The Kier molecular flexibility index (Phi) is 7.06. The predicted molar refractivity (Wildman–Crippen MR) is 94.2 cm³/mol. The highest BCUT2D eigenvalue weighted by Crippen LogP contribution is 2.36. The van der Waals surface area contributed by atoms with E-state index in [0.29, 0.717) is 0 Å². The molecule has 2 aromatic rings. The maximum Gasteiger partial charge on any atom is 0.262 e. The number of halogens is 3. The first kappa shape index (κ1) is 21.0. The molecule has 0 saturated heterocycles. The minimum atomic E-state index is -2.65. The van der Waals surface area contributed by atoms with Crippen molar-refractivity contribution in [3.8, 4) is 5.88 Å². The zero-order valence-corrected chi connectivity index (χ0v) is 15.0. The number of aromatic hydroxyl groups is 1. The number of rotatable bonds is 8. The average Bonchev–Trinajstić information content (AvgIpc) is 2.64. The van der Waals surface area contributed by atoms with E-state index in [1.807, 2.05) is 0 Å². The highest BCUT2D eigenvalue weighted by molar-refractivity contribution is 6.31. The molecule has 146 valence electrons. The molecule has 0 saturated carbocycles. The number of amides is 1. The molecule has 2 rings (SSSR count). The number of aromatic nitrogens is 1. The van der Waals surface area contributed by atoms with E-state index in [1.54, 1.807) is 0 Å². The summed E-state index contributed by atoms with van der Waals surface area (Å²) in [7, 11) is 0. The van der Waals surface area contributed by atoms with Crippen molar-refractivity contribution in [2.75, 3.05) is 6.61 Å². The number of hydrogen-bond donors (Lipinski definition) is 4. The van der Waals surface area contributed by atoms with Crippen LogP contribution in [0, 0.1) is 5.82 Å². The van der Waals surface area contributed by atoms with Crippen LogP contribution >= 0.6 is 11.6 Å². The third kappa shape index (κ3) is 4.71. The second-order valence-electron chi connectivity index (χ2n) is 5.87. The van der Waals surface area contributed by atoms with Gasteiger partial charge in [-0.1, -0.05) is 11.6 Å². The fraction of sp³-hybridized carbons (Fsp3) is 0.333. The maximum absolute atomic E-state index is 15.5. The van der Waals surface area contributed by atoms with Gasteiger partial charge in [-0.25, -0.2) is 13.8 Å². The lowest BCUT2D eigenvalue weighted by atomic mass is 9.90. The van der Waals surface area contributed by atoms with Crippen LogP contribution in [0.4, 0.5) is 8.78 Å². The first-order valence-electron chi connectivity index (χ1n) is 8.13. The number of hydrogen-bond acceptors (Lipinski definition) is 5. The molecule has 0 aliphatic carbocycles. The molecule has 1 aromatic carbocycles. The summed E-state index contributed by atoms with van der Waals surface area (Å²) < 4.78 is 28.9. The van der Waals surface area contributed by atoms with Crippen molar-refractivity contribution in [3.63, 3.8) is 0 Å². The third-order valence-electron chi connectivity index (χ3n) is 4.10. The Morgan fingerprint density at radius 2 is 2.07 bits per heavy atom. The summed E-state index contributed by atoms with van der Waals surface area (Å²) in [5, 5.41) is 30.5. The summed E-state index contributed by atoms with van der Waals surface area (Å²) in [4.78, 5) is 16.2. The second kappa shape index (κ2) is 9.07. The van der Waals surface area contributed by atoms with Gasteiger partial charge in [-0.05, 0) is 48.2 Å². The number of aliphatic hydroxyl groups excluding tert-OH is 2. The van der Waals surface area contributed by atoms with Crippen LogP contribution in [0.5, 0.6) is 5.88 Å². The lowest BCUT2D eigenvalue weighted by Gasteiger charge is -2.25. The molecule has 0 aliphatic heterocycles. The zero-order valence-electron chi connectivity index (χ0n) is 14.3. The first-order valence-corrected chi connectivity index (χ1v) is 8.51. The fourth-order valence-electron chi connectivity index (χ4n) is 2.70. The van der Waals surface area contributed by atoms with Gasteiger partial charge in [-0.2, -0.15) is 0 Å². The molecule has 27 heavy (non-hydrogen) atoms. The van der Waals surface area contributed by atoms with Crippen molar-refractivity contribution in [1.29, 1.82) is 0 Å². The number of alkyl halides is 1. The van der Waals surface area contributed by atoms with Crippen LogP contribution in [-0.4, -0.2) is 32.8 Å². The molecular weight excluding hydrogens is 382 g/mol. The average molecular weight is 401 g/mol. The maximum atomic E-state index is 15.5. The fourth-order valence-corrected chi connectivity index (χ4v) is 3.00. The van der Waals surface area contributed by atoms with E-state index in [0.717, 1.165) is 12.1 Å². The van der Waals surface area contributed by atoms with Crippen LogP contribution in [0.25, 0.3) is 0 Å². The SMILES string of the molecule is O=C(NCc1c(Cl)cc(F)cc1CO)[C@](F)(CCCO)c1cccnc1O. The largest absolute Gasteiger partial charge is 0.493 e. The van der Waals surface area contributed by atoms with Crippen LogP contribution in [0.15, 0.2) is 30.5 Å². The predicted octanol–water partition coefficient (Wildman–Crippen LogP) is 2.33. The molecule has 1 atom stereocenters. The van der Waals surface area contributed by atoms with Gasteiger partial charge in [-0.3, -0.25) is 4.79 Å². The topological polar surface area (TPSA) is 103 Å². The van der Waals surface area contributed by atoms with Gasteiger partial charge in [0, 0.05) is 24.4 Å². The Labute approximate surface area is 159 Å². The van der Waals surface area contributed by atoms with Gasteiger partial charge in [0.1, 0.15) is 5.82 Å². The molecule has 0 unspecified atom stereocenters. The minimum Gasteiger partial charge on any atom is -0.493 e. The number of benzene rings is 1. The van der Waals surface area contributed by atoms with Crippen LogP contribution in [-0.2, 0) is 23.6 Å². The Bertz CT molecular complexity index is 822. The van der Waals surface area contributed by atoms with E-state index in [-0.39, 0.29) is 41.3 Å². The highest BCUT2D eigenvalue weighted by Gasteiger charge is 2.42. The molecule has 6 nitrogen and oxygen atoms in total. The summed E-state index contributed by atoms with van der Waals surface area (Å²) in [5.41, 5.74) is -2.57. The number of pyridine rings is 1. The Hall–Kier alpha value is -2.29. The van der Waals surface area contributed by atoms with Gasteiger partial charge in [0.15, 0.2) is 0 Å². The molecule has 0 radical (unpaired) electrons. The minimum absolute atomic E-state index is 0.0246. The molecule has 4 N–H and O–H groups in total. The Balaban J connectivity index is 2.29. The molecule has 1 aromatic heterocycles. The number of carbonyl (C=O) groups is 1. The van der Waals surface area contributed by atoms with E-state index in [1.165, 1.54) is 18.3 Å². The number of aliphatic hydroxyl groups is 2. The molecule has 0 fully saturated rings. The third-order valence-corrected chi connectivity index (χ3v) is 4.44. The lowest BCUT2D eigenvalue weighted by molar-refractivity contribution is -0.134. The van der Waals surface area contributed by atoms with Crippen molar-refractivity contribution < 1.29 is 28.9 Å². The van der Waals surface area contributed by atoms with Crippen LogP contribution in [0.1, 0.15) is 29.5 Å². The summed E-state index contributed by atoms with van der Waals surface area (Å²) in [5.74, 6) is -2.37. The van der Waals surface area contributed by atoms with Gasteiger partial charge < -0.3 is 20.6 Å². The van der Waals surface area contributed by atoms with Gasteiger partial charge in [0.2, 0.25) is 11.5 Å². The first-order chi connectivity index (χ1) is 12.8. The zero-order chi connectivity index (χ0) is 20.0. The summed E-state index contributed by atoms with van der Waals surface area (Å²) in [6.07, 6.45) is 0.824. The second-order valence-corrected chi connectivity index (χ2v) is 6.28. The van der Waals surface area contributed by atoms with Crippen LogP contribution in [0.2, 0.25) is 5.02 Å². The van der Waals surface area contributed by atoms with Crippen molar-refractivity contribution in [2.45, 2.75) is 31.7 Å². The van der Waals surface area contributed by atoms with E-state index >= 15 is 4.39 Å². The molecule has 0 aliphatic rings. The summed E-state index contributed by atoms with van der Waals surface area (Å²) in [6, 6.07) is 4.68. The van der Waals surface area contributed by atoms with Crippen LogP contribution in [0.3, 0.4) is 0 Å². The molecule has 9 heteroatoms. The molecule has 1 amide bonds. The van der Waals surface area contributed by atoms with Gasteiger partial charge in [0.05, 0.1) is 12.2 Å². The molecule has 0 bridgehead atoms. The lowest BCUT2D eigenvalue weighted by Crippen LogP contribution is -2.41. The van der Waals surface area contributed by atoms with Gasteiger partial charge >= 0.3 is 0 Å².